The smallest absolute Gasteiger partial charge is 0.184 e. The molecule has 0 aliphatic carbocycles. The fourth-order valence-electron chi connectivity index (χ4n) is 1.47. The molecule has 2 heterocycles. The minimum absolute atomic E-state index is 0.577. The van der Waals surface area contributed by atoms with E-state index in [1.807, 2.05) is 24.3 Å². The standard InChI is InChI=1S/C11H8ClN3OS/c12-7-1-2-9-10(5-7)17-11(15-9)13-6-8-3-4-14-16-8/h1-5H,6H2,(H,13,15). The summed E-state index contributed by atoms with van der Waals surface area (Å²) in [6.07, 6.45) is 1.62. The minimum Gasteiger partial charge on any atom is -0.360 e. The van der Waals surface area contributed by atoms with Crippen LogP contribution in [0.15, 0.2) is 35.0 Å². The van der Waals surface area contributed by atoms with Gasteiger partial charge in [0.1, 0.15) is 0 Å². The van der Waals surface area contributed by atoms with Crippen molar-refractivity contribution in [2.75, 3.05) is 5.32 Å². The molecule has 1 aromatic carbocycles. The van der Waals surface area contributed by atoms with Gasteiger partial charge in [-0.2, -0.15) is 0 Å². The van der Waals surface area contributed by atoms with Crippen LogP contribution >= 0.6 is 22.9 Å². The van der Waals surface area contributed by atoms with Crippen LogP contribution in [0, 0.1) is 0 Å². The van der Waals surface area contributed by atoms with E-state index in [-0.39, 0.29) is 0 Å². The summed E-state index contributed by atoms with van der Waals surface area (Å²) in [4.78, 5) is 4.44. The van der Waals surface area contributed by atoms with Crippen molar-refractivity contribution in [2.24, 2.45) is 0 Å². The Morgan fingerprint density at radius 3 is 3.12 bits per heavy atom. The van der Waals surface area contributed by atoms with Crippen LogP contribution in [0.1, 0.15) is 5.76 Å². The number of hydrogen-bond acceptors (Lipinski definition) is 5. The summed E-state index contributed by atoms with van der Waals surface area (Å²) in [5.74, 6) is 0.780. The molecule has 17 heavy (non-hydrogen) atoms. The largest absolute Gasteiger partial charge is 0.360 e. The number of anilines is 1. The molecule has 0 saturated carbocycles. The summed E-state index contributed by atoms with van der Waals surface area (Å²) in [6.45, 7) is 0.577. The first-order valence-electron chi connectivity index (χ1n) is 5.01. The molecule has 0 atom stereocenters. The lowest BCUT2D eigenvalue weighted by molar-refractivity contribution is 0.388. The minimum atomic E-state index is 0.577. The van der Waals surface area contributed by atoms with E-state index in [2.05, 4.69) is 15.5 Å². The topological polar surface area (TPSA) is 51.0 Å². The van der Waals surface area contributed by atoms with Gasteiger partial charge in [0.05, 0.1) is 23.0 Å². The zero-order chi connectivity index (χ0) is 11.7. The monoisotopic (exact) mass is 265 g/mol. The second-order valence-electron chi connectivity index (χ2n) is 3.46. The highest BCUT2D eigenvalue weighted by molar-refractivity contribution is 7.22. The van der Waals surface area contributed by atoms with Gasteiger partial charge in [-0.05, 0) is 18.2 Å². The molecule has 86 valence electrons. The predicted octanol–water partition coefficient (Wildman–Crippen LogP) is 3.55. The van der Waals surface area contributed by atoms with Gasteiger partial charge in [-0.25, -0.2) is 4.98 Å². The number of hydrogen-bond donors (Lipinski definition) is 1. The van der Waals surface area contributed by atoms with E-state index in [0.717, 1.165) is 26.1 Å². The predicted molar refractivity (Wildman–Crippen MR) is 68.5 cm³/mol. The summed E-state index contributed by atoms with van der Waals surface area (Å²) >= 11 is 7.49. The first-order chi connectivity index (χ1) is 8.31. The molecule has 0 aliphatic heterocycles. The van der Waals surface area contributed by atoms with Crippen LogP contribution < -0.4 is 5.32 Å². The van der Waals surface area contributed by atoms with E-state index < -0.39 is 0 Å². The third kappa shape index (κ3) is 2.25. The number of nitrogens with one attached hydrogen (secondary N) is 1. The first kappa shape index (κ1) is 10.6. The quantitative estimate of drug-likeness (QED) is 0.787. The van der Waals surface area contributed by atoms with Crippen molar-refractivity contribution in [1.82, 2.24) is 10.1 Å². The van der Waals surface area contributed by atoms with Crippen molar-refractivity contribution in [3.63, 3.8) is 0 Å². The maximum absolute atomic E-state index is 5.92. The second kappa shape index (κ2) is 4.35. The Morgan fingerprint density at radius 2 is 2.29 bits per heavy atom. The molecule has 0 aliphatic rings. The molecule has 0 radical (unpaired) electrons. The number of thiazole rings is 1. The zero-order valence-corrected chi connectivity index (χ0v) is 10.3. The van der Waals surface area contributed by atoms with E-state index >= 15 is 0 Å². The number of nitrogens with zero attached hydrogens (tertiary/aromatic N) is 2. The molecule has 2 aromatic heterocycles. The first-order valence-corrected chi connectivity index (χ1v) is 6.20. The summed E-state index contributed by atoms with van der Waals surface area (Å²) in [5.41, 5.74) is 0.944. The zero-order valence-electron chi connectivity index (χ0n) is 8.68. The molecular formula is C11H8ClN3OS. The lowest BCUT2D eigenvalue weighted by Crippen LogP contribution is -1.96. The van der Waals surface area contributed by atoms with Gasteiger partial charge in [-0.1, -0.05) is 28.1 Å². The van der Waals surface area contributed by atoms with Crippen molar-refractivity contribution in [3.05, 3.63) is 41.2 Å². The average Bonchev–Trinajstić information content (AvgIpc) is 2.94. The molecule has 0 spiro atoms. The Kier molecular flexibility index (Phi) is 2.70. The fraction of sp³-hybridized carbons (Fsp3) is 0.0909. The third-order valence-electron chi connectivity index (χ3n) is 2.26. The molecular weight excluding hydrogens is 258 g/mol. The van der Waals surface area contributed by atoms with E-state index in [9.17, 15) is 0 Å². The van der Waals surface area contributed by atoms with Crippen LogP contribution in [-0.2, 0) is 6.54 Å². The third-order valence-corrected chi connectivity index (χ3v) is 3.47. The second-order valence-corrected chi connectivity index (χ2v) is 4.93. The molecule has 0 amide bonds. The Labute approximate surface area is 106 Å². The number of rotatable bonds is 3. The summed E-state index contributed by atoms with van der Waals surface area (Å²) in [5, 5.41) is 8.40. The molecule has 1 N–H and O–H groups in total. The maximum Gasteiger partial charge on any atom is 0.184 e. The average molecular weight is 266 g/mol. The van der Waals surface area contributed by atoms with Gasteiger partial charge in [0.15, 0.2) is 10.9 Å². The van der Waals surface area contributed by atoms with E-state index in [0.29, 0.717) is 6.54 Å². The van der Waals surface area contributed by atoms with Crippen molar-refractivity contribution in [1.29, 1.82) is 0 Å². The number of halogens is 1. The van der Waals surface area contributed by atoms with E-state index in [1.165, 1.54) is 0 Å². The molecule has 3 rings (SSSR count). The Hall–Kier alpha value is -1.59. The van der Waals surface area contributed by atoms with Crippen LogP contribution in [0.25, 0.3) is 10.2 Å². The van der Waals surface area contributed by atoms with Crippen LogP contribution in [0.2, 0.25) is 5.02 Å². The molecule has 0 unspecified atom stereocenters. The van der Waals surface area contributed by atoms with Gasteiger partial charge in [0.2, 0.25) is 0 Å². The fourth-order valence-corrected chi connectivity index (χ4v) is 2.61. The van der Waals surface area contributed by atoms with Crippen molar-refractivity contribution >= 4 is 38.3 Å². The van der Waals surface area contributed by atoms with Crippen molar-refractivity contribution < 1.29 is 4.52 Å². The maximum atomic E-state index is 5.92. The summed E-state index contributed by atoms with van der Waals surface area (Å²) in [7, 11) is 0. The SMILES string of the molecule is Clc1ccc2nc(NCc3ccno3)sc2c1. The lowest BCUT2D eigenvalue weighted by atomic mass is 10.3. The Morgan fingerprint density at radius 1 is 1.35 bits per heavy atom. The van der Waals surface area contributed by atoms with Crippen LogP contribution in [0.3, 0.4) is 0 Å². The van der Waals surface area contributed by atoms with Gasteiger partial charge >= 0.3 is 0 Å². The van der Waals surface area contributed by atoms with Gasteiger partial charge < -0.3 is 9.84 Å². The highest BCUT2D eigenvalue weighted by atomic mass is 35.5. The van der Waals surface area contributed by atoms with E-state index in [4.69, 9.17) is 16.1 Å². The number of fused-ring (bicyclic) bond motifs is 1. The lowest BCUT2D eigenvalue weighted by Gasteiger charge is -1.96. The summed E-state index contributed by atoms with van der Waals surface area (Å²) in [6, 6.07) is 7.48. The van der Waals surface area contributed by atoms with Crippen LogP contribution in [0.4, 0.5) is 5.13 Å². The van der Waals surface area contributed by atoms with Gasteiger partial charge in [-0.15, -0.1) is 0 Å². The molecule has 3 aromatic rings. The highest BCUT2D eigenvalue weighted by Gasteiger charge is 2.04. The molecule has 4 nitrogen and oxygen atoms in total. The normalized spacial score (nSPS) is 10.9. The van der Waals surface area contributed by atoms with Gasteiger partial charge in [0, 0.05) is 11.1 Å². The Bertz CT molecular complexity index is 635. The van der Waals surface area contributed by atoms with Crippen LogP contribution in [0.5, 0.6) is 0 Å². The molecule has 0 bridgehead atoms. The molecule has 0 fully saturated rings. The van der Waals surface area contributed by atoms with E-state index in [1.54, 1.807) is 17.5 Å². The van der Waals surface area contributed by atoms with Crippen molar-refractivity contribution in [3.8, 4) is 0 Å². The van der Waals surface area contributed by atoms with Gasteiger partial charge in [0.25, 0.3) is 0 Å². The number of benzene rings is 1. The summed E-state index contributed by atoms with van der Waals surface area (Å²) < 4.78 is 6.06. The Balaban J connectivity index is 1.81. The number of aromatic nitrogens is 2. The molecule has 6 heteroatoms. The van der Waals surface area contributed by atoms with Gasteiger partial charge in [-0.3, -0.25) is 0 Å². The molecule has 0 saturated heterocycles. The highest BCUT2D eigenvalue weighted by Crippen LogP contribution is 2.28. The van der Waals surface area contributed by atoms with Crippen molar-refractivity contribution in [2.45, 2.75) is 6.54 Å². The van der Waals surface area contributed by atoms with Crippen LogP contribution in [-0.4, -0.2) is 10.1 Å².